The average molecular weight is 523 g/mol. The van der Waals surface area contributed by atoms with Crippen LogP contribution in [0, 0.1) is 16.7 Å². The number of hydrogen-bond acceptors (Lipinski definition) is 2. The summed E-state index contributed by atoms with van der Waals surface area (Å²) < 4.78 is 0. The molecule has 0 saturated heterocycles. The zero-order valence-corrected chi connectivity index (χ0v) is 25.0. The van der Waals surface area contributed by atoms with Crippen LogP contribution in [0.4, 0.5) is 0 Å². The van der Waals surface area contributed by atoms with Gasteiger partial charge in [0.2, 0.25) is 0 Å². The van der Waals surface area contributed by atoms with E-state index in [1.54, 1.807) is 0 Å². The van der Waals surface area contributed by atoms with E-state index in [2.05, 4.69) is 13.8 Å². The lowest BCUT2D eigenvalue weighted by Crippen LogP contribution is -2.58. The van der Waals surface area contributed by atoms with Crippen molar-refractivity contribution in [1.29, 1.82) is 0 Å². The summed E-state index contributed by atoms with van der Waals surface area (Å²) in [4.78, 5) is 25.8. The summed E-state index contributed by atoms with van der Waals surface area (Å²) in [6.07, 6.45) is 27.3. The first kappa shape index (κ1) is 34.0. The summed E-state index contributed by atoms with van der Waals surface area (Å²) in [5.41, 5.74) is -2.24. The predicted molar refractivity (Wildman–Crippen MR) is 156 cm³/mol. The molecule has 0 aliphatic heterocycles. The van der Waals surface area contributed by atoms with Crippen molar-refractivity contribution in [2.45, 2.75) is 181 Å². The Morgan fingerprint density at radius 3 is 1.35 bits per heavy atom. The van der Waals surface area contributed by atoms with Crippen molar-refractivity contribution in [2.24, 2.45) is 16.7 Å². The number of carboxylic acids is 2. The molecule has 0 radical (unpaired) electrons. The van der Waals surface area contributed by atoms with E-state index in [1.165, 1.54) is 89.9 Å². The zero-order chi connectivity index (χ0) is 27.4. The second-order valence-corrected chi connectivity index (χ2v) is 12.3. The van der Waals surface area contributed by atoms with Gasteiger partial charge in [-0.15, -0.1) is 0 Å². The number of aliphatic carboxylic acids is 2. The Labute approximate surface area is 229 Å². The van der Waals surface area contributed by atoms with Crippen molar-refractivity contribution in [1.82, 2.24) is 0 Å². The highest BCUT2D eigenvalue weighted by molar-refractivity contribution is 5.87. The highest BCUT2D eigenvalue weighted by Gasteiger charge is 2.64. The van der Waals surface area contributed by atoms with E-state index >= 15 is 0 Å². The molecule has 218 valence electrons. The third-order valence-corrected chi connectivity index (χ3v) is 9.61. The van der Waals surface area contributed by atoms with Crippen molar-refractivity contribution >= 4 is 11.9 Å². The largest absolute Gasteiger partial charge is 0.481 e. The molecule has 4 nitrogen and oxygen atoms in total. The summed E-state index contributed by atoms with van der Waals surface area (Å²) in [7, 11) is 0. The highest BCUT2D eigenvalue weighted by Crippen LogP contribution is 2.59. The van der Waals surface area contributed by atoms with Gasteiger partial charge < -0.3 is 10.2 Å². The minimum atomic E-state index is -1.13. The molecule has 2 N–H and O–H groups in total. The second kappa shape index (κ2) is 19.9. The van der Waals surface area contributed by atoms with Crippen molar-refractivity contribution in [2.75, 3.05) is 0 Å². The van der Waals surface area contributed by atoms with Crippen LogP contribution in [-0.4, -0.2) is 22.2 Å². The zero-order valence-electron chi connectivity index (χ0n) is 25.0. The van der Waals surface area contributed by atoms with Crippen LogP contribution in [0.2, 0.25) is 0 Å². The maximum atomic E-state index is 12.9. The number of unbranched alkanes of at least 4 members (excludes halogenated alkanes) is 18. The van der Waals surface area contributed by atoms with Crippen LogP contribution in [-0.2, 0) is 9.59 Å². The van der Waals surface area contributed by atoms with E-state index in [0.29, 0.717) is 19.3 Å². The van der Waals surface area contributed by atoms with Gasteiger partial charge in [0.1, 0.15) is 0 Å². The van der Waals surface area contributed by atoms with Crippen molar-refractivity contribution in [3.05, 3.63) is 0 Å². The van der Waals surface area contributed by atoms with Gasteiger partial charge in [-0.2, -0.15) is 0 Å². The molecule has 3 unspecified atom stereocenters. The summed E-state index contributed by atoms with van der Waals surface area (Å²) in [5, 5.41) is 21.1. The molecule has 1 aliphatic carbocycles. The van der Waals surface area contributed by atoms with Gasteiger partial charge in [-0.1, -0.05) is 156 Å². The molecule has 4 heteroatoms. The molecule has 0 aromatic heterocycles. The van der Waals surface area contributed by atoms with E-state index in [1.807, 2.05) is 6.92 Å². The van der Waals surface area contributed by atoms with Gasteiger partial charge >= 0.3 is 11.9 Å². The predicted octanol–water partition coefficient (Wildman–Crippen LogP) is 10.6. The van der Waals surface area contributed by atoms with E-state index in [-0.39, 0.29) is 5.92 Å². The Hall–Kier alpha value is -1.06. The Balaban J connectivity index is 2.61. The monoisotopic (exact) mass is 522 g/mol. The molecule has 1 rings (SSSR count). The quantitative estimate of drug-likeness (QED) is 0.124. The first-order valence-electron chi connectivity index (χ1n) is 16.4. The molecular weight excluding hydrogens is 460 g/mol. The van der Waals surface area contributed by atoms with Crippen molar-refractivity contribution in [3.8, 4) is 0 Å². The van der Waals surface area contributed by atoms with E-state index in [0.717, 1.165) is 51.4 Å². The molecule has 0 aromatic carbocycles. The first-order chi connectivity index (χ1) is 17.9. The summed E-state index contributed by atoms with van der Waals surface area (Å²) in [5.74, 6) is -1.80. The molecule has 0 aromatic rings. The lowest BCUT2D eigenvalue weighted by atomic mass is 9.48. The molecular formula is C33H62O4. The number of carbonyl (C=O) groups is 2. The molecule has 0 amide bonds. The van der Waals surface area contributed by atoms with Crippen molar-refractivity contribution in [3.63, 3.8) is 0 Å². The van der Waals surface area contributed by atoms with Crippen LogP contribution in [0.3, 0.4) is 0 Å². The SMILES string of the molecule is CCCCCCCCCCCCC1(C(=O)O)CCCC(C)C1(CCCCCCCCCCCC)C(=O)O. The summed E-state index contributed by atoms with van der Waals surface area (Å²) >= 11 is 0. The fourth-order valence-corrected chi connectivity index (χ4v) is 7.22. The molecule has 1 aliphatic rings. The van der Waals surface area contributed by atoms with Crippen LogP contribution in [0.5, 0.6) is 0 Å². The maximum Gasteiger partial charge on any atom is 0.311 e. The van der Waals surface area contributed by atoms with Gasteiger partial charge in [-0.25, -0.2) is 0 Å². The third-order valence-electron chi connectivity index (χ3n) is 9.61. The van der Waals surface area contributed by atoms with Crippen LogP contribution in [0.25, 0.3) is 0 Å². The lowest BCUT2D eigenvalue weighted by molar-refractivity contribution is -0.189. The van der Waals surface area contributed by atoms with E-state index in [9.17, 15) is 19.8 Å². The van der Waals surface area contributed by atoms with E-state index in [4.69, 9.17) is 0 Å². The van der Waals surface area contributed by atoms with Gasteiger partial charge in [0.15, 0.2) is 0 Å². The smallest absolute Gasteiger partial charge is 0.311 e. The van der Waals surface area contributed by atoms with Crippen LogP contribution in [0.1, 0.15) is 181 Å². The molecule has 3 atom stereocenters. The minimum absolute atomic E-state index is 0.0865. The third kappa shape index (κ3) is 10.9. The topological polar surface area (TPSA) is 74.6 Å². The molecule has 37 heavy (non-hydrogen) atoms. The number of rotatable bonds is 24. The molecule has 0 bridgehead atoms. The fourth-order valence-electron chi connectivity index (χ4n) is 7.22. The normalized spacial score (nSPS) is 23.8. The molecule has 0 spiro atoms. The maximum absolute atomic E-state index is 12.9. The summed E-state index contributed by atoms with van der Waals surface area (Å²) in [6, 6.07) is 0. The van der Waals surface area contributed by atoms with Crippen molar-refractivity contribution < 1.29 is 19.8 Å². The van der Waals surface area contributed by atoms with Gasteiger partial charge in [0, 0.05) is 0 Å². The fraction of sp³-hybridized carbons (Fsp3) is 0.939. The molecule has 1 fully saturated rings. The van der Waals surface area contributed by atoms with Gasteiger partial charge in [-0.05, 0) is 31.6 Å². The van der Waals surface area contributed by atoms with Crippen LogP contribution in [0.15, 0.2) is 0 Å². The second-order valence-electron chi connectivity index (χ2n) is 12.3. The number of carboxylic acid groups (broad SMARTS) is 2. The standard InChI is InChI=1S/C33H62O4/c1-4-6-8-10-12-14-16-18-20-22-26-32(30(34)35)27-24-25-29(3)33(32,31(36)37)28-23-21-19-17-15-13-11-9-7-5-2/h29H,4-28H2,1-3H3,(H,34,35)(H,36,37). The van der Waals surface area contributed by atoms with Crippen LogP contribution >= 0.6 is 0 Å². The van der Waals surface area contributed by atoms with Gasteiger partial charge in [0.05, 0.1) is 10.8 Å². The van der Waals surface area contributed by atoms with Gasteiger partial charge in [-0.3, -0.25) is 9.59 Å². The Morgan fingerprint density at radius 1 is 0.595 bits per heavy atom. The lowest BCUT2D eigenvalue weighted by Gasteiger charge is -2.52. The molecule has 1 saturated carbocycles. The Bertz CT molecular complexity index is 603. The number of hydrogen-bond donors (Lipinski definition) is 2. The highest BCUT2D eigenvalue weighted by atomic mass is 16.4. The van der Waals surface area contributed by atoms with Gasteiger partial charge in [0.25, 0.3) is 0 Å². The van der Waals surface area contributed by atoms with E-state index < -0.39 is 22.8 Å². The van der Waals surface area contributed by atoms with Crippen LogP contribution < -0.4 is 0 Å². The average Bonchev–Trinajstić information content (AvgIpc) is 2.87. The minimum Gasteiger partial charge on any atom is -0.481 e. The summed E-state index contributed by atoms with van der Waals surface area (Å²) in [6.45, 7) is 6.50. The first-order valence-corrected chi connectivity index (χ1v) is 16.4. The Kier molecular flexibility index (Phi) is 18.3. The molecule has 0 heterocycles. The Morgan fingerprint density at radius 2 is 0.973 bits per heavy atom.